The van der Waals surface area contributed by atoms with Gasteiger partial charge in [0.1, 0.15) is 0 Å². The zero-order valence-electron chi connectivity index (χ0n) is 10.8. The molecule has 0 amide bonds. The molecule has 0 saturated heterocycles. The summed E-state index contributed by atoms with van der Waals surface area (Å²) in [5.74, 6) is 0. The third-order valence-corrected chi connectivity index (χ3v) is 5.73. The van der Waals surface area contributed by atoms with E-state index in [1.54, 1.807) is 0 Å². The van der Waals surface area contributed by atoms with Crippen molar-refractivity contribution in [3.8, 4) is 0 Å². The molecule has 0 aromatic carbocycles. The van der Waals surface area contributed by atoms with Crippen molar-refractivity contribution in [2.45, 2.75) is 70.4 Å². The van der Waals surface area contributed by atoms with E-state index in [2.05, 4.69) is 0 Å². The summed E-state index contributed by atoms with van der Waals surface area (Å²) in [5.41, 5.74) is 0. The lowest BCUT2D eigenvalue weighted by molar-refractivity contribution is 0.530. The fraction of sp³-hybridized carbons (Fsp3) is 1.00. The zero-order valence-corrected chi connectivity index (χ0v) is 12.8. The van der Waals surface area contributed by atoms with Gasteiger partial charge >= 0.3 is 0 Å². The van der Waals surface area contributed by atoms with Crippen LogP contribution in [0.4, 0.5) is 0 Å². The normalized spacial score (nSPS) is 13.2. The van der Waals surface area contributed by atoms with Crippen LogP contribution in [0.1, 0.15) is 32.1 Å². The van der Waals surface area contributed by atoms with E-state index in [9.17, 15) is 9.59 Å². The van der Waals surface area contributed by atoms with Crippen molar-refractivity contribution in [2.75, 3.05) is 0 Å². The van der Waals surface area contributed by atoms with E-state index in [0.29, 0.717) is 0 Å². The third-order valence-electron chi connectivity index (χ3n) is 2.58. The smallest absolute Gasteiger partial charge is 0.182 e. The molecule has 15 heavy (non-hydrogen) atoms. The van der Waals surface area contributed by atoms with Crippen molar-refractivity contribution in [3.63, 3.8) is 0 Å². The van der Waals surface area contributed by atoms with Crippen LogP contribution in [0.5, 0.6) is 0 Å². The van der Waals surface area contributed by atoms with Crippen LogP contribution in [0.15, 0.2) is 0 Å². The van der Waals surface area contributed by atoms with Gasteiger partial charge in [0.15, 0.2) is 16.6 Å². The van der Waals surface area contributed by atoms with Gasteiger partial charge in [-0.1, -0.05) is 32.1 Å². The summed E-state index contributed by atoms with van der Waals surface area (Å²) < 4.78 is 0. The van der Waals surface area contributed by atoms with E-state index < -0.39 is 16.6 Å². The fourth-order valence-corrected chi connectivity index (χ4v) is 3.88. The van der Waals surface area contributed by atoms with Gasteiger partial charge in [0, 0.05) is 0 Å². The molecule has 0 fully saturated rings. The first-order valence-electron chi connectivity index (χ1n) is 6.15. The lowest BCUT2D eigenvalue weighted by atomic mass is 10.2. The summed E-state index contributed by atoms with van der Waals surface area (Å²) in [4.78, 5) is 19.3. The molecule has 0 heterocycles. The van der Waals surface area contributed by atoms with Crippen molar-refractivity contribution in [1.29, 1.82) is 0 Å². The fourth-order valence-electron chi connectivity index (χ4n) is 1.65. The second-order valence-corrected chi connectivity index (χ2v) is 14.1. The molecule has 0 rings (SSSR count). The minimum atomic E-state index is -1.79. The summed E-state index contributed by atoms with van der Waals surface area (Å²) in [6.07, 6.45) is 6.09. The summed E-state index contributed by atoms with van der Waals surface area (Å²) >= 11 is 0. The molecule has 2 nitrogen and oxygen atoms in total. The molecule has 0 aliphatic heterocycles. The Morgan fingerprint density at radius 1 is 0.600 bits per heavy atom. The van der Waals surface area contributed by atoms with Crippen LogP contribution in [0.2, 0.25) is 38.3 Å². The first-order chi connectivity index (χ1) is 6.71. The van der Waals surface area contributed by atoms with Crippen LogP contribution in [0.3, 0.4) is 0 Å². The lowest BCUT2D eigenvalue weighted by Gasteiger charge is -2.14. The molecule has 4 heteroatoms. The molecule has 0 aromatic rings. The van der Waals surface area contributed by atoms with Crippen molar-refractivity contribution in [2.24, 2.45) is 0 Å². The Kier molecular flexibility index (Phi) is 6.99. The minimum absolute atomic E-state index is 1.03. The molecule has 0 aromatic heterocycles. The zero-order chi connectivity index (χ0) is 11.9. The van der Waals surface area contributed by atoms with Gasteiger partial charge < -0.3 is 9.59 Å². The largest absolute Gasteiger partial charge is 0.432 e. The van der Waals surface area contributed by atoms with Crippen LogP contribution < -0.4 is 0 Å². The molecule has 0 saturated carbocycles. The number of unbranched alkanes of at least 4 members (excludes halogenated alkanes) is 4. The van der Waals surface area contributed by atoms with E-state index in [4.69, 9.17) is 0 Å². The van der Waals surface area contributed by atoms with E-state index in [0.717, 1.165) is 12.1 Å². The standard InChI is InChI=1S/C11H28O2Si2/c1-14(2,12)10-8-6-5-7-9-11-15(3,4)13/h12-13H,5-11H2,1-4H3. The maximum atomic E-state index is 9.64. The van der Waals surface area contributed by atoms with Crippen LogP contribution in [0.25, 0.3) is 0 Å². The molecule has 0 unspecified atom stereocenters. The monoisotopic (exact) mass is 248 g/mol. The van der Waals surface area contributed by atoms with Crippen LogP contribution in [-0.4, -0.2) is 26.2 Å². The van der Waals surface area contributed by atoms with Crippen LogP contribution in [-0.2, 0) is 0 Å². The molecule has 0 radical (unpaired) electrons. The summed E-state index contributed by atoms with van der Waals surface area (Å²) in [6, 6.07) is 2.07. The molecule has 0 bridgehead atoms. The topological polar surface area (TPSA) is 40.5 Å². The van der Waals surface area contributed by atoms with Crippen LogP contribution in [0, 0.1) is 0 Å². The molecule has 0 atom stereocenters. The molecular weight excluding hydrogens is 220 g/mol. The van der Waals surface area contributed by atoms with Gasteiger partial charge in [-0.05, 0) is 38.3 Å². The Hall–Kier alpha value is 0.354. The van der Waals surface area contributed by atoms with E-state index in [-0.39, 0.29) is 0 Å². The lowest BCUT2D eigenvalue weighted by Crippen LogP contribution is -2.24. The molecule has 2 N–H and O–H groups in total. The van der Waals surface area contributed by atoms with Gasteiger partial charge in [-0.25, -0.2) is 0 Å². The Balaban J connectivity index is 3.20. The molecular formula is C11H28O2Si2. The second kappa shape index (κ2) is 6.83. The highest BCUT2D eigenvalue weighted by Gasteiger charge is 2.16. The van der Waals surface area contributed by atoms with Crippen LogP contribution >= 0.6 is 0 Å². The number of hydrogen-bond donors (Lipinski definition) is 2. The predicted octanol–water partition coefficient (Wildman–Crippen LogP) is 3.33. The average Bonchev–Trinajstić information content (AvgIpc) is 1.98. The Morgan fingerprint density at radius 2 is 0.867 bits per heavy atom. The van der Waals surface area contributed by atoms with E-state index in [1.807, 2.05) is 26.2 Å². The Labute approximate surface area is 97.0 Å². The number of rotatable bonds is 8. The van der Waals surface area contributed by atoms with Crippen molar-refractivity contribution >= 4 is 16.6 Å². The number of hydrogen-bond acceptors (Lipinski definition) is 2. The first-order valence-corrected chi connectivity index (χ1v) is 12.5. The SMILES string of the molecule is C[Si](C)(O)CCCCCCC[Si](C)(C)O. The first kappa shape index (κ1) is 15.4. The van der Waals surface area contributed by atoms with E-state index in [1.165, 1.54) is 32.1 Å². The van der Waals surface area contributed by atoms with Gasteiger partial charge in [0.05, 0.1) is 0 Å². The highest BCUT2D eigenvalue weighted by atomic mass is 28.4. The summed E-state index contributed by atoms with van der Waals surface area (Å²) in [5, 5.41) is 0. The van der Waals surface area contributed by atoms with Gasteiger partial charge in [0.2, 0.25) is 0 Å². The molecule has 0 aliphatic rings. The maximum absolute atomic E-state index is 9.64. The quantitative estimate of drug-likeness (QED) is 0.511. The Morgan fingerprint density at radius 3 is 1.13 bits per heavy atom. The summed E-state index contributed by atoms with van der Waals surface area (Å²) in [7, 11) is -3.58. The predicted molar refractivity (Wildman–Crippen MR) is 72.1 cm³/mol. The highest BCUT2D eigenvalue weighted by molar-refractivity contribution is 6.70. The summed E-state index contributed by atoms with van der Waals surface area (Å²) in [6.45, 7) is 8.03. The van der Waals surface area contributed by atoms with Crippen molar-refractivity contribution in [1.82, 2.24) is 0 Å². The second-order valence-electron chi connectivity index (χ2n) is 5.89. The highest BCUT2D eigenvalue weighted by Crippen LogP contribution is 2.15. The Bertz CT molecular complexity index is 141. The third kappa shape index (κ3) is 14.4. The molecule has 0 aliphatic carbocycles. The molecule has 92 valence electrons. The van der Waals surface area contributed by atoms with E-state index >= 15 is 0 Å². The van der Waals surface area contributed by atoms with Gasteiger partial charge in [-0.2, -0.15) is 0 Å². The van der Waals surface area contributed by atoms with Crippen molar-refractivity contribution in [3.05, 3.63) is 0 Å². The van der Waals surface area contributed by atoms with Gasteiger partial charge in [0.25, 0.3) is 0 Å². The van der Waals surface area contributed by atoms with Crippen molar-refractivity contribution < 1.29 is 9.59 Å². The minimum Gasteiger partial charge on any atom is -0.432 e. The maximum Gasteiger partial charge on any atom is 0.182 e. The average molecular weight is 249 g/mol. The molecule has 0 spiro atoms. The van der Waals surface area contributed by atoms with Gasteiger partial charge in [-0.3, -0.25) is 0 Å². The van der Waals surface area contributed by atoms with Gasteiger partial charge in [-0.15, -0.1) is 0 Å².